The van der Waals surface area contributed by atoms with Crippen LogP contribution in [0.4, 0.5) is 5.69 Å². The van der Waals surface area contributed by atoms with Gasteiger partial charge >= 0.3 is 0 Å². The molecule has 1 aromatic heterocycles. The molecule has 3 amide bonds. The van der Waals surface area contributed by atoms with Gasteiger partial charge in [-0.05, 0) is 31.2 Å². The van der Waals surface area contributed by atoms with Gasteiger partial charge in [0.05, 0.1) is 24.1 Å². The van der Waals surface area contributed by atoms with E-state index in [1.807, 2.05) is 32.0 Å². The van der Waals surface area contributed by atoms with Gasteiger partial charge < -0.3 is 24.6 Å². The van der Waals surface area contributed by atoms with Gasteiger partial charge in [-0.2, -0.15) is 0 Å². The number of aromatic nitrogens is 1. The zero-order valence-corrected chi connectivity index (χ0v) is 21.7. The molecule has 0 bridgehead atoms. The van der Waals surface area contributed by atoms with Crippen LogP contribution >= 0.6 is 0 Å². The molecule has 1 N–H and O–H groups in total. The molecule has 194 valence electrons. The summed E-state index contributed by atoms with van der Waals surface area (Å²) in [5.41, 5.74) is 1.63. The Hall–Kier alpha value is -3.46. The van der Waals surface area contributed by atoms with Crippen molar-refractivity contribution in [3.63, 3.8) is 0 Å². The van der Waals surface area contributed by atoms with Crippen LogP contribution in [-0.2, 0) is 20.7 Å². The Morgan fingerprint density at radius 2 is 1.97 bits per heavy atom. The first-order valence-electron chi connectivity index (χ1n) is 12.3. The van der Waals surface area contributed by atoms with Crippen molar-refractivity contribution in [2.24, 2.45) is 5.92 Å². The second-order valence-corrected chi connectivity index (χ2v) is 9.25. The number of carbonyl (C=O) groups is 3. The first-order valence-corrected chi connectivity index (χ1v) is 12.3. The molecule has 0 saturated carbocycles. The van der Waals surface area contributed by atoms with Crippen LogP contribution in [0.25, 0.3) is 0 Å². The molecule has 1 aliphatic heterocycles. The van der Waals surface area contributed by atoms with E-state index in [2.05, 4.69) is 10.3 Å². The first kappa shape index (κ1) is 27.1. The van der Waals surface area contributed by atoms with Crippen molar-refractivity contribution >= 4 is 23.4 Å². The number of pyridine rings is 1. The highest BCUT2D eigenvalue weighted by atomic mass is 16.5. The molecule has 2 heterocycles. The summed E-state index contributed by atoms with van der Waals surface area (Å²) in [4.78, 5) is 46.3. The number of nitrogens with zero attached hydrogens (tertiary/aromatic N) is 3. The summed E-state index contributed by atoms with van der Waals surface area (Å²) >= 11 is 0. The molecule has 0 fully saturated rings. The van der Waals surface area contributed by atoms with Crippen LogP contribution in [0, 0.1) is 5.92 Å². The van der Waals surface area contributed by atoms with Gasteiger partial charge in [0.25, 0.3) is 5.91 Å². The molecule has 0 aliphatic carbocycles. The minimum absolute atomic E-state index is 0.0362. The Morgan fingerprint density at radius 3 is 2.64 bits per heavy atom. The van der Waals surface area contributed by atoms with Crippen LogP contribution in [0.1, 0.15) is 43.2 Å². The van der Waals surface area contributed by atoms with Crippen LogP contribution in [0.15, 0.2) is 42.6 Å². The molecule has 0 spiro atoms. The van der Waals surface area contributed by atoms with E-state index in [1.165, 1.54) is 0 Å². The quantitative estimate of drug-likeness (QED) is 0.683. The molecule has 1 aliphatic rings. The van der Waals surface area contributed by atoms with Crippen LogP contribution in [-0.4, -0.2) is 78.5 Å². The van der Waals surface area contributed by atoms with Crippen molar-refractivity contribution in [3.8, 4) is 5.75 Å². The van der Waals surface area contributed by atoms with Gasteiger partial charge in [0.1, 0.15) is 12.4 Å². The molecule has 3 rings (SSSR count). The molecule has 9 nitrogen and oxygen atoms in total. The zero-order valence-electron chi connectivity index (χ0n) is 21.7. The molecule has 3 atom stereocenters. The number of ether oxygens (including phenoxy) is 2. The SMILES string of the molecule is CCC(=O)Nc1ccc2c(c1)OC[C@@H](C)N(C(=O)Cc1ccccn1)C[C@@H](C)[C@@H](OC)CN(C)C2=O. The fourth-order valence-corrected chi connectivity index (χ4v) is 4.21. The number of likely N-dealkylation sites (N-methyl/N-ethyl adjacent to an activating group) is 1. The lowest BCUT2D eigenvalue weighted by Crippen LogP contribution is -2.49. The van der Waals surface area contributed by atoms with E-state index < -0.39 is 0 Å². The molecular formula is C27H36N4O5. The molecule has 2 aromatic rings. The third-order valence-corrected chi connectivity index (χ3v) is 6.43. The topological polar surface area (TPSA) is 101 Å². The van der Waals surface area contributed by atoms with Crippen LogP contribution in [0.5, 0.6) is 5.75 Å². The second-order valence-electron chi connectivity index (χ2n) is 9.25. The lowest BCUT2D eigenvalue weighted by atomic mass is 10.0. The van der Waals surface area contributed by atoms with Crippen molar-refractivity contribution < 1.29 is 23.9 Å². The highest BCUT2D eigenvalue weighted by Crippen LogP contribution is 2.27. The summed E-state index contributed by atoms with van der Waals surface area (Å²) in [6.45, 7) is 6.67. The molecule has 36 heavy (non-hydrogen) atoms. The highest BCUT2D eigenvalue weighted by molar-refractivity contribution is 5.98. The molecule has 1 aromatic carbocycles. The van der Waals surface area contributed by atoms with Crippen molar-refractivity contribution in [1.82, 2.24) is 14.8 Å². The minimum Gasteiger partial charge on any atom is -0.491 e. The third kappa shape index (κ3) is 6.81. The number of rotatable bonds is 5. The monoisotopic (exact) mass is 496 g/mol. The second kappa shape index (κ2) is 12.5. The lowest BCUT2D eigenvalue weighted by Gasteiger charge is -2.36. The Morgan fingerprint density at radius 1 is 1.19 bits per heavy atom. The number of anilines is 1. The number of amides is 3. The maximum Gasteiger partial charge on any atom is 0.257 e. The van der Waals surface area contributed by atoms with Crippen molar-refractivity contribution in [3.05, 3.63) is 53.9 Å². The average Bonchev–Trinajstić information content (AvgIpc) is 2.88. The van der Waals surface area contributed by atoms with Gasteiger partial charge in [0, 0.05) is 63.2 Å². The summed E-state index contributed by atoms with van der Waals surface area (Å²) < 4.78 is 11.9. The number of hydrogen-bond acceptors (Lipinski definition) is 6. The number of methoxy groups -OCH3 is 1. The standard InChI is InChI=1S/C27H36N4O5/c1-6-25(32)29-21-10-11-22-23(13-21)36-17-19(3)31(26(33)14-20-9-7-8-12-28-20)15-18(2)24(35-5)16-30(4)27(22)34/h7-13,18-19,24H,6,14-17H2,1-5H3,(H,29,32)/t18-,19-,24+/m1/s1. The van der Waals surface area contributed by atoms with Gasteiger partial charge in [-0.25, -0.2) is 0 Å². The minimum atomic E-state index is -0.282. The number of fused-ring (bicyclic) bond motifs is 1. The van der Waals surface area contributed by atoms with Crippen molar-refractivity contribution in [1.29, 1.82) is 0 Å². The van der Waals surface area contributed by atoms with Gasteiger partial charge in [-0.3, -0.25) is 19.4 Å². The van der Waals surface area contributed by atoms with E-state index in [9.17, 15) is 14.4 Å². The molecule has 9 heteroatoms. The van der Waals surface area contributed by atoms with E-state index >= 15 is 0 Å². The number of hydrogen-bond donors (Lipinski definition) is 1. The van der Waals surface area contributed by atoms with E-state index in [1.54, 1.807) is 55.3 Å². The van der Waals surface area contributed by atoms with E-state index in [0.29, 0.717) is 42.2 Å². The number of carbonyl (C=O) groups excluding carboxylic acids is 3. The number of benzene rings is 1. The third-order valence-electron chi connectivity index (χ3n) is 6.43. The smallest absolute Gasteiger partial charge is 0.257 e. The maximum absolute atomic E-state index is 13.4. The Kier molecular flexibility index (Phi) is 9.41. The van der Waals surface area contributed by atoms with Crippen molar-refractivity contribution in [2.75, 3.05) is 39.2 Å². The van der Waals surface area contributed by atoms with Gasteiger partial charge in [-0.1, -0.05) is 19.9 Å². The summed E-state index contributed by atoms with van der Waals surface area (Å²) in [6, 6.07) is 10.2. The molecule has 0 unspecified atom stereocenters. The van der Waals surface area contributed by atoms with Crippen molar-refractivity contribution in [2.45, 2.75) is 45.8 Å². The van der Waals surface area contributed by atoms with E-state index in [4.69, 9.17) is 9.47 Å². The highest BCUT2D eigenvalue weighted by Gasteiger charge is 2.30. The summed E-state index contributed by atoms with van der Waals surface area (Å²) in [5.74, 6) is -0.0810. The van der Waals surface area contributed by atoms with Crippen LogP contribution < -0.4 is 10.1 Å². The zero-order chi connectivity index (χ0) is 26.2. The molecule has 0 radical (unpaired) electrons. The predicted octanol–water partition coefficient (Wildman–Crippen LogP) is 3.01. The van der Waals surface area contributed by atoms with Gasteiger partial charge in [0.15, 0.2) is 0 Å². The van der Waals surface area contributed by atoms with E-state index in [0.717, 1.165) is 0 Å². The Labute approximate surface area is 212 Å². The van der Waals surface area contributed by atoms with E-state index in [-0.39, 0.29) is 48.8 Å². The summed E-state index contributed by atoms with van der Waals surface area (Å²) in [7, 11) is 3.34. The fourth-order valence-electron chi connectivity index (χ4n) is 4.21. The van der Waals surface area contributed by atoms with Crippen LogP contribution in [0.2, 0.25) is 0 Å². The Balaban J connectivity index is 1.94. The maximum atomic E-state index is 13.4. The molecular weight excluding hydrogens is 460 g/mol. The normalized spacial score (nSPS) is 21.0. The first-order chi connectivity index (χ1) is 17.2. The van der Waals surface area contributed by atoms with Crippen LogP contribution in [0.3, 0.4) is 0 Å². The summed E-state index contributed by atoms with van der Waals surface area (Å²) in [6.07, 6.45) is 1.91. The molecule has 0 saturated heterocycles. The van der Waals surface area contributed by atoms with Gasteiger partial charge in [-0.15, -0.1) is 0 Å². The summed E-state index contributed by atoms with van der Waals surface area (Å²) in [5, 5.41) is 2.81. The lowest BCUT2D eigenvalue weighted by molar-refractivity contribution is -0.134. The predicted molar refractivity (Wildman–Crippen MR) is 137 cm³/mol. The number of nitrogens with one attached hydrogen (secondary N) is 1. The fraction of sp³-hybridized carbons (Fsp3) is 0.481. The largest absolute Gasteiger partial charge is 0.491 e. The average molecular weight is 497 g/mol. The van der Waals surface area contributed by atoms with Gasteiger partial charge in [0.2, 0.25) is 11.8 Å². The Bertz CT molecular complexity index is 1060.